The van der Waals surface area contributed by atoms with E-state index in [9.17, 15) is 24.1 Å². The van der Waals surface area contributed by atoms with E-state index >= 15 is 0 Å². The van der Waals surface area contributed by atoms with Crippen LogP contribution in [0.25, 0.3) is 11.5 Å². The Labute approximate surface area is 114 Å². The third-order valence-electron chi connectivity index (χ3n) is 2.42. The van der Waals surface area contributed by atoms with Crippen LogP contribution in [-0.4, -0.2) is 32.1 Å². The van der Waals surface area contributed by atoms with Crippen molar-refractivity contribution in [1.82, 2.24) is 4.98 Å². The van der Waals surface area contributed by atoms with Gasteiger partial charge < -0.3 is 14.6 Å². The Bertz CT molecular complexity index is 736. The molecule has 0 atom stereocenters. The lowest BCUT2D eigenvalue weighted by Gasteiger charge is -1.97. The second kappa shape index (κ2) is 5.00. The summed E-state index contributed by atoms with van der Waals surface area (Å²) >= 11 is 0. The molecular formula is C11H5FN2O7. The van der Waals surface area contributed by atoms with E-state index in [4.69, 9.17) is 14.6 Å². The Kier molecular flexibility index (Phi) is 3.36. The predicted molar refractivity (Wildman–Crippen MR) is 62.5 cm³/mol. The van der Waals surface area contributed by atoms with Gasteiger partial charge in [0.05, 0.1) is 16.6 Å². The highest BCUT2D eigenvalue weighted by Gasteiger charge is 2.26. The number of halogens is 1. The monoisotopic (exact) mass is 296 g/mol. The van der Waals surface area contributed by atoms with Gasteiger partial charge in [0.2, 0.25) is 17.3 Å². The number of hydrogen-bond acceptors (Lipinski definition) is 6. The zero-order valence-corrected chi connectivity index (χ0v) is 9.94. The molecule has 0 saturated heterocycles. The molecule has 10 heteroatoms. The summed E-state index contributed by atoms with van der Waals surface area (Å²) in [5.74, 6) is -6.01. The van der Waals surface area contributed by atoms with Crippen LogP contribution in [0.15, 0.2) is 22.6 Å². The number of rotatable bonds is 4. The van der Waals surface area contributed by atoms with Gasteiger partial charge in [-0.1, -0.05) is 0 Å². The van der Waals surface area contributed by atoms with Crippen molar-refractivity contribution in [3.8, 4) is 11.5 Å². The number of non-ortho nitro benzene ring substituents is 1. The van der Waals surface area contributed by atoms with Crippen LogP contribution in [0.5, 0.6) is 0 Å². The molecule has 0 fully saturated rings. The van der Waals surface area contributed by atoms with Crippen LogP contribution in [0, 0.1) is 15.9 Å². The summed E-state index contributed by atoms with van der Waals surface area (Å²) in [6, 6.07) is 2.47. The number of benzene rings is 1. The molecule has 0 aliphatic heterocycles. The zero-order valence-electron chi connectivity index (χ0n) is 9.94. The van der Waals surface area contributed by atoms with E-state index in [1.807, 2.05) is 0 Å². The summed E-state index contributed by atoms with van der Waals surface area (Å²) in [5.41, 5.74) is -1.81. The SMILES string of the molecule is O=C(O)c1nc(-c2ccc([N+](=O)[O-])cc2F)oc1C(=O)O. The third kappa shape index (κ3) is 2.54. The van der Waals surface area contributed by atoms with Crippen LogP contribution in [0.2, 0.25) is 0 Å². The van der Waals surface area contributed by atoms with Gasteiger partial charge in [0.15, 0.2) is 0 Å². The first-order chi connectivity index (χ1) is 9.81. The lowest BCUT2D eigenvalue weighted by molar-refractivity contribution is -0.385. The van der Waals surface area contributed by atoms with Gasteiger partial charge in [-0.15, -0.1) is 0 Å². The van der Waals surface area contributed by atoms with Gasteiger partial charge in [0.25, 0.3) is 5.69 Å². The molecule has 108 valence electrons. The Hall–Kier alpha value is -3.30. The average Bonchev–Trinajstić information content (AvgIpc) is 2.83. The summed E-state index contributed by atoms with van der Waals surface area (Å²) < 4.78 is 18.4. The predicted octanol–water partition coefficient (Wildman–Crippen LogP) is 1.79. The van der Waals surface area contributed by atoms with Gasteiger partial charge in [-0.25, -0.2) is 19.0 Å². The van der Waals surface area contributed by atoms with Crippen LogP contribution in [0.3, 0.4) is 0 Å². The molecule has 9 nitrogen and oxygen atoms in total. The molecular weight excluding hydrogens is 291 g/mol. The van der Waals surface area contributed by atoms with Gasteiger partial charge in [0.1, 0.15) is 5.82 Å². The smallest absolute Gasteiger partial charge is 0.374 e. The molecule has 0 radical (unpaired) electrons. The second-order valence-electron chi connectivity index (χ2n) is 3.73. The Morgan fingerprint density at radius 3 is 2.38 bits per heavy atom. The maximum atomic E-state index is 13.7. The summed E-state index contributed by atoms with van der Waals surface area (Å²) in [5, 5.41) is 28.1. The van der Waals surface area contributed by atoms with Gasteiger partial charge in [0, 0.05) is 6.07 Å². The molecule has 0 unspecified atom stereocenters. The van der Waals surface area contributed by atoms with E-state index < -0.39 is 51.3 Å². The highest BCUT2D eigenvalue weighted by atomic mass is 19.1. The largest absolute Gasteiger partial charge is 0.476 e. The Balaban J connectivity index is 2.57. The number of hydrogen-bond donors (Lipinski definition) is 2. The molecule has 0 saturated carbocycles. The topological polar surface area (TPSA) is 144 Å². The van der Waals surface area contributed by atoms with Crippen LogP contribution in [-0.2, 0) is 0 Å². The number of nitro benzene ring substituents is 1. The quantitative estimate of drug-likeness (QED) is 0.641. The van der Waals surface area contributed by atoms with Crippen molar-refractivity contribution in [3.63, 3.8) is 0 Å². The fourth-order valence-electron chi connectivity index (χ4n) is 1.52. The molecule has 2 aromatic rings. The Morgan fingerprint density at radius 1 is 1.29 bits per heavy atom. The van der Waals surface area contributed by atoms with Crippen LogP contribution >= 0.6 is 0 Å². The minimum atomic E-state index is -1.69. The summed E-state index contributed by atoms with van der Waals surface area (Å²) in [7, 11) is 0. The summed E-state index contributed by atoms with van der Waals surface area (Å²) in [6.45, 7) is 0. The van der Waals surface area contributed by atoms with Crippen molar-refractivity contribution in [2.45, 2.75) is 0 Å². The molecule has 21 heavy (non-hydrogen) atoms. The van der Waals surface area contributed by atoms with Crippen molar-refractivity contribution >= 4 is 17.6 Å². The van der Waals surface area contributed by atoms with E-state index in [2.05, 4.69) is 4.98 Å². The average molecular weight is 296 g/mol. The van der Waals surface area contributed by atoms with E-state index in [-0.39, 0.29) is 0 Å². The zero-order chi connectivity index (χ0) is 15.7. The molecule has 0 bridgehead atoms. The van der Waals surface area contributed by atoms with Crippen LogP contribution in [0.4, 0.5) is 10.1 Å². The normalized spacial score (nSPS) is 10.3. The van der Waals surface area contributed by atoms with Crippen molar-refractivity contribution in [1.29, 1.82) is 0 Å². The standard InChI is InChI=1S/C11H5FN2O7/c12-6-3-4(14(19)20)1-2-5(6)9-13-7(10(15)16)8(21-9)11(17)18/h1-3H,(H,15,16)(H,17,18). The number of aromatic carboxylic acids is 2. The van der Waals surface area contributed by atoms with E-state index in [1.54, 1.807) is 0 Å². The number of aromatic nitrogens is 1. The van der Waals surface area contributed by atoms with Crippen LogP contribution in [0.1, 0.15) is 21.0 Å². The van der Waals surface area contributed by atoms with Gasteiger partial charge in [-0.3, -0.25) is 10.1 Å². The van der Waals surface area contributed by atoms with Gasteiger partial charge >= 0.3 is 11.9 Å². The molecule has 0 spiro atoms. The molecule has 1 aromatic heterocycles. The van der Waals surface area contributed by atoms with E-state index in [0.29, 0.717) is 6.07 Å². The third-order valence-corrected chi connectivity index (χ3v) is 2.42. The molecule has 0 aliphatic carbocycles. The number of carboxylic acids is 2. The molecule has 1 heterocycles. The van der Waals surface area contributed by atoms with E-state index in [0.717, 1.165) is 12.1 Å². The molecule has 1 aromatic carbocycles. The number of nitro groups is 1. The maximum absolute atomic E-state index is 13.7. The fraction of sp³-hybridized carbons (Fsp3) is 0. The first-order valence-corrected chi connectivity index (χ1v) is 5.23. The van der Waals surface area contributed by atoms with E-state index in [1.165, 1.54) is 0 Å². The van der Waals surface area contributed by atoms with Crippen LogP contribution < -0.4 is 0 Å². The lowest BCUT2D eigenvalue weighted by atomic mass is 10.2. The van der Waals surface area contributed by atoms with Gasteiger partial charge in [-0.05, 0) is 6.07 Å². The lowest BCUT2D eigenvalue weighted by Crippen LogP contribution is -2.05. The second-order valence-corrected chi connectivity index (χ2v) is 3.73. The number of carboxylic acid groups (broad SMARTS) is 2. The number of carbonyl (C=O) groups is 2. The first-order valence-electron chi connectivity index (χ1n) is 5.23. The minimum Gasteiger partial charge on any atom is -0.476 e. The number of nitrogens with zero attached hydrogens (tertiary/aromatic N) is 2. The first kappa shape index (κ1) is 14.1. The Morgan fingerprint density at radius 2 is 1.95 bits per heavy atom. The van der Waals surface area contributed by atoms with Crippen molar-refractivity contribution < 1.29 is 33.5 Å². The molecule has 2 N–H and O–H groups in total. The van der Waals surface area contributed by atoms with Crippen molar-refractivity contribution in [2.75, 3.05) is 0 Å². The number of oxazole rings is 1. The fourth-order valence-corrected chi connectivity index (χ4v) is 1.52. The van der Waals surface area contributed by atoms with Crippen molar-refractivity contribution in [2.24, 2.45) is 0 Å². The molecule has 0 aliphatic rings. The minimum absolute atomic E-state index is 0.393. The van der Waals surface area contributed by atoms with Gasteiger partial charge in [-0.2, -0.15) is 0 Å². The highest BCUT2D eigenvalue weighted by Crippen LogP contribution is 2.27. The summed E-state index contributed by atoms with van der Waals surface area (Å²) in [6.07, 6.45) is 0. The molecule has 2 rings (SSSR count). The van der Waals surface area contributed by atoms with Crippen molar-refractivity contribution in [3.05, 3.63) is 45.6 Å². The summed E-state index contributed by atoms with van der Waals surface area (Å²) in [4.78, 5) is 34.7. The maximum Gasteiger partial charge on any atom is 0.374 e. The molecule has 0 amide bonds. The highest BCUT2D eigenvalue weighted by molar-refractivity contribution is 5.98.